The van der Waals surface area contributed by atoms with E-state index < -0.39 is 47.4 Å². The van der Waals surface area contributed by atoms with E-state index in [1.165, 1.54) is 0 Å². The van der Waals surface area contributed by atoms with Gasteiger partial charge >= 0.3 is 6.18 Å². The maximum atomic E-state index is 13.0. The molecule has 0 saturated heterocycles. The number of halogens is 6. The van der Waals surface area contributed by atoms with Crippen LogP contribution in [0.25, 0.3) is 0 Å². The molecule has 0 radical (unpaired) electrons. The fourth-order valence-electron chi connectivity index (χ4n) is 2.24. The van der Waals surface area contributed by atoms with E-state index in [0.717, 1.165) is 0 Å². The number of nitrogens with two attached hydrogens (primary N) is 1. The minimum absolute atomic E-state index is 0.524. The second-order valence-electron chi connectivity index (χ2n) is 4.55. The molecule has 0 spiro atoms. The summed E-state index contributed by atoms with van der Waals surface area (Å²) in [6, 6.07) is 1.74. The average molecular weight is 269 g/mol. The molecule has 1 saturated carbocycles. The Balaban J connectivity index is 2.48. The molecule has 1 aliphatic carbocycles. The van der Waals surface area contributed by atoms with E-state index in [0.29, 0.717) is 18.2 Å². The number of hydrogen-bond acceptors (Lipinski definition) is 1. The van der Waals surface area contributed by atoms with Gasteiger partial charge in [-0.2, -0.15) is 13.2 Å². The van der Waals surface area contributed by atoms with E-state index in [1.54, 1.807) is 0 Å². The van der Waals surface area contributed by atoms with Crippen molar-refractivity contribution in [1.29, 1.82) is 0 Å². The Bertz CT molecular complexity index is 471. The Morgan fingerprint density at radius 3 is 2.11 bits per heavy atom. The molecular weight excluding hydrogens is 260 g/mol. The molecular formula is C11H9F6N. The zero-order chi connectivity index (χ0) is 13.8. The second kappa shape index (κ2) is 3.63. The van der Waals surface area contributed by atoms with Crippen LogP contribution in [0.3, 0.4) is 0 Å². The lowest BCUT2D eigenvalue weighted by atomic mass is 9.68. The third kappa shape index (κ3) is 2.19. The van der Waals surface area contributed by atoms with Gasteiger partial charge in [-0.05, 0) is 23.8 Å². The lowest BCUT2D eigenvalue weighted by Crippen LogP contribution is -2.56. The van der Waals surface area contributed by atoms with Gasteiger partial charge in [0.2, 0.25) is 0 Å². The van der Waals surface area contributed by atoms with E-state index in [2.05, 4.69) is 0 Å². The first-order valence-electron chi connectivity index (χ1n) is 5.07. The van der Waals surface area contributed by atoms with Crippen LogP contribution < -0.4 is 5.73 Å². The van der Waals surface area contributed by atoms with Gasteiger partial charge in [0, 0.05) is 12.8 Å². The summed E-state index contributed by atoms with van der Waals surface area (Å²) >= 11 is 0. The van der Waals surface area contributed by atoms with Gasteiger partial charge in [-0.25, -0.2) is 13.2 Å². The number of alkyl halides is 5. The highest BCUT2D eigenvalue weighted by Crippen LogP contribution is 2.52. The Hall–Kier alpha value is -1.24. The monoisotopic (exact) mass is 269 g/mol. The molecule has 7 heteroatoms. The summed E-state index contributed by atoms with van der Waals surface area (Å²) in [6.45, 7) is 0. The van der Waals surface area contributed by atoms with Crippen LogP contribution in [-0.4, -0.2) is 5.92 Å². The first-order chi connectivity index (χ1) is 8.04. The van der Waals surface area contributed by atoms with Gasteiger partial charge in [0.1, 0.15) is 5.82 Å². The van der Waals surface area contributed by atoms with Crippen LogP contribution in [0.1, 0.15) is 24.0 Å². The van der Waals surface area contributed by atoms with Crippen LogP contribution in [0.4, 0.5) is 26.3 Å². The normalized spacial score (nSPS) is 21.5. The SMILES string of the molecule is NC1(c2cc(F)ccc2C(F)(F)F)CC(F)(F)C1. The standard InChI is InChI=1S/C11H9F6N/c12-6-1-2-7(11(15,16)17)8(3-6)9(18)4-10(13,14)5-9/h1-3H,4-5,18H2. The predicted molar refractivity (Wildman–Crippen MR) is 51.4 cm³/mol. The lowest BCUT2D eigenvalue weighted by Gasteiger charge is -2.45. The molecule has 0 bridgehead atoms. The molecule has 2 N–H and O–H groups in total. The number of rotatable bonds is 1. The van der Waals surface area contributed by atoms with Gasteiger partial charge in [-0.3, -0.25) is 0 Å². The molecule has 0 amide bonds. The minimum Gasteiger partial charge on any atom is -0.321 e. The van der Waals surface area contributed by atoms with Gasteiger partial charge < -0.3 is 5.73 Å². The van der Waals surface area contributed by atoms with Crippen molar-refractivity contribution < 1.29 is 26.3 Å². The first-order valence-corrected chi connectivity index (χ1v) is 5.07. The largest absolute Gasteiger partial charge is 0.416 e. The van der Waals surface area contributed by atoms with Crippen molar-refractivity contribution in [3.05, 3.63) is 35.1 Å². The van der Waals surface area contributed by atoms with E-state index in [-0.39, 0.29) is 0 Å². The fraction of sp³-hybridized carbons (Fsp3) is 0.455. The predicted octanol–water partition coefficient (Wildman–Crippen LogP) is 3.43. The summed E-state index contributed by atoms with van der Waals surface area (Å²) in [6.07, 6.45) is -6.57. The average Bonchev–Trinajstić information content (AvgIpc) is 2.12. The van der Waals surface area contributed by atoms with Gasteiger partial charge in [0.15, 0.2) is 0 Å². The van der Waals surface area contributed by atoms with Gasteiger partial charge in [-0.1, -0.05) is 0 Å². The van der Waals surface area contributed by atoms with E-state index in [9.17, 15) is 26.3 Å². The third-order valence-corrected chi connectivity index (χ3v) is 2.97. The van der Waals surface area contributed by atoms with Crippen molar-refractivity contribution in [3.8, 4) is 0 Å². The zero-order valence-corrected chi connectivity index (χ0v) is 8.99. The van der Waals surface area contributed by atoms with E-state index >= 15 is 0 Å². The van der Waals surface area contributed by atoms with E-state index in [4.69, 9.17) is 5.73 Å². The van der Waals surface area contributed by atoms with E-state index in [1.807, 2.05) is 0 Å². The van der Waals surface area contributed by atoms with Gasteiger partial charge in [0.25, 0.3) is 5.92 Å². The Morgan fingerprint density at radius 2 is 1.67 bits per heavy atom. The van der Waals surface area contributed by atoms with Crippen LogP contribution in [0.15, 0.2) is 18.2 Å². The maximum absolute atomic E-state index is 13.0. The van der Waals surface area contributed by atoms with Crippen molar-refractivity contribution in [2.24, 2.45) is 5.73 Å². The Morgan fingerprint density at radius 1 is 1.11 bits per heavy atom. The van der Waals surface area contributed by atoms with Crippen molar-refractivity contribution in [3.63, 3.8) is 0 Å². The van der Waals surface area contributed by atoms with Crippen LogP contribution in [0.5, 0.6) is 0 Å². The number of benzene rings is 1. The molecule has 0 atom stereocenters. The number of hydrogen-bond donors (Lipinski definition) is 1. The Kier molecular flexibility index (Phi) is 2.66. The second-order valence-corrected chi connectivity index (χ2v) is 4.55. The van der Waals surface area contributed by atoms with Crippen LogP contribution in [-0.2, 0) is 11.7 Å². The fourth-order valence-corrected chi connectivity index (χ4v) is 2.24. The molecule has 1 nitrogen and oxygen atoms in total. The van der Waals surface area contributed by atoms with Crippen LogP contribution >= 0.6 is 0 Å². The summed E-state index contributed by atoms with van der Waals surface area (Å²) in [5.74, 6) is -4.03. The maximum Gasteiger partial charge on any atom is 0.416 e. The highest BCUT2D eigenvalue weighted by Gasteiger charge is 2.57. The lowest BCUT2D eigenvalue weighted by molar-refractivity contribution is -0.147. The molecule has 100 valence electrons. The summed E-state index contributed by atoms with van der Waals surface area (Å²) in [7, 11) is 0. The summed E-state index contributed by atoms with van der Waals surface area (Å²) in [5, 5.41) is 0. The van der Waals surface area contributed by atoms with Crippen molar-refractivity contribution in [2.45, 2.75) is 30.5 Å². The van der Waals surface area contributed by atoms with Crippen molar-refractivity contribution in [2.75, 3.05) is 0 Å². The van der Waals surface area contributed by atoms with Crippen LogP contribution in [0.2, 0.25) is 0 Å². The van der Waals surface area contributed by atoms with Crippen molar-refractivity contribution in [1.82, 2.24) is 0 Å². The Labute approximate surface area is 98.6 Å². The summed E-state index contributed by atoms with van der Waals surface area (Å²) < 4.78 is 76.7. The molecule has 1 aromatic carbocycles. The zero-order valence-electron chi connectivity index (χ0n) is 8.99. The molecule has 1 aromatic rings. The summed E-state index contributed by atoms with van der Waals surface area (Å²) in [4.78, 5) is 0. The van der Waals surface area contributed by atoms with Crippen molar-refractivity contribution >= 4 is 0 Å². The molecule has 0 unspecified atom stereocenters. The minimum atomic E-state index is -4.75. The summed E-state index contributed by atoms with van der Waals surface area (Å²) in [5.41, 5.74) is 1.92. The highest BCUT2D eigenvalue weighted by atomic mass is 19.4. The molecule has 0 heterocycles. The van der Waals surface area contributed by atoms with Gasteiger partial charge in [-0.15, -0.1) is 0 Å². The first kappa shape index (κ1) is 13.2. The smallest absolute Gasteiger partial charge is 0.321 e. The van der Waals surface area contributed by atoms with Crippen LogP contribution in [0, 0.1) is 5.82 Å². The van der Waals surface area contributed by atoms with Gasteiger partial charge in [0.05, 0.1) is 11.1 Å². The topological polar surface area (TPSA) is 26.0 Å². The molecule has 18 heavy (non-hydrogen) atoms. The third-order valence-electron chi connectivity index (χ3n) is 2.97. The highest BCUT2D eigenvalue weighted by molar-refractivity contribution is 5.38. The molecule has 0 aliphatic heterocycles. The molecule has 1 fully saturated rings. The quantitative estimate of drug-likeness (QED) is 0.777. The molecule has 1 aliphatic rings. The molecule has 0 aromatic heterocycles. The molecule has 2 rings (SSSR count).